The molecule has 1 N–H and O–H groups in total. The van der Waals surface area contributed by atoms with Crippen LogP contribution in [0.3, 0.4) is 0 Å². The quantitative estimate of drug-likeness (QED) is 0.632. The lowest BCUT2D eigenvalue weighted by molar-refractivity contribution is -0.142. The normalized spacial score (nSPS) is 9.88. The van der Waals surface area contributed by atoms with Gasteiger partial charge in [-0.05, 0) is 45.0 Å². The minimum absolute atomic E-state index is 0.360. The molecule has 5 heteroatoms. The monoisotopic (exact) mass is 339 g/mol. The van der Waals surface area contributed by atoms with Crippen LogP contribution in [0, 0.1) is 6.92 Å². The molecule has 0 aliphatic heterocycles. The summed E-state index contributed by atoms with van der Waals surface area (Å²) in [6.45, 7) is 5.19. The van der Waals surface area contributed by atoms with Gasteiger partial charge in [-0.1, -0.05) is 35.4 Å². The number of ether oxygens (including phenoxy) is 2. The molecule has 2 aromatic rings. The average Bonchev–Trinajstić information content (AvgIpc) is 2.56. The molecule has 5 nitrogen and oxygen atoms in total. The second-order valence-electron chi connectivity index (χ2n) is 5.79. The van der Waals surface area contributed by atoms with Gasteiger partial charge in [0.05, 0.1) is 5.69 Å². The van der Waals surface area contributed by atoms with E-state index in [2.05, 4.69) is 5.32 Å². The Labute approximate surface area is 147 Å². The number of esters is 1. The Morgan fingerprint density at radius 2 is 1.72 bits per heavy atom. The standard InChI is InChI=1S/C20H21NO4/c1-14(2)12-20(23)24-13-19(22)21-17-6-4-5-7-18(17)25-16-10-8-15(3)9-11-16/h4-12H,13H2,1-3H3,(H,21,22). The molecule has 0 bridgehead atoms. The van der Waals surface area contributed by atoms with Gasteiger partial charge in [-0.2, -0.15) is 0 Å². The molecule has 0 aliphatic rings. The van der Waals surface area contributed by atoms with E-state index in [4.69, 9.17) is 9.47 Å². The van der Waals surface area contributed by atoms with Gasteiger partial charge in [-0.25, -0.2) is 4.79 Å². The zero-order chi connectivity index (χ0) is 18.2. The topological polar surface area (TPSA) is 64.6 Å². The smallest absolute Gasteiger partial charge is 0.331 e. The maximum Gasteiger partial charge on any atom is 0.331 e. The highest BCUT2D eigenvalue weighted by Gasteiger charge is 2.10. The van der Waals surface area contributed by atoms with Crippen LogP contribution in [-0.4, -0.2) is 18.5 Å². The second kappa shape index (κ2) is 8.68. The van der Waals surface area contributed by atoms with Crippen LogP contribution >= 0.6 is 0 Å². The number of para-hydroxylation sites is 2. The predicted molar refractivity (Wildman–Crippen MR) is 96.7 cm³/mol. The summed E-state index contributed by atoms with van der Waals surface area (Å²) in [7, 11) is 0. The van der Waals surface area contributed by atoms with Gasteiger partial charge in [0.25, 0.3) is 5.91 Å². The number of allylic oxidation sites excluding steroid dienone is 1. The number of hydrogen-bond acceptors (Lipinski definition) is 4. The minimum atomic E-state index is -0.542. The SMILES string of the molecule is CC(C)=CC(=O)OCC(=O)Nc1ccccc1Oc1ccc(C)cc1. The maximum atomic E-state index is 12.0. The molecule has 0 aliphatic carbocycles. The summed E-state index contributed by atoms with van der Waals surface area (Å²) >= 11 is 0. The Morgan fingerprint density at radius 1 is 1.04 bits per heavy atom. The van der Waals surface area contributed by atoms with Crippen molar-refractivity contribution >= 4 is 17.6 Å². The van der Waals surface area contributed by atoms with Crippen molar-refractivity contribution in [2.45, 2.75) is 20.8 Å². The fourth-order valence-corrected chi connectivity index (χ4v) is 1.99. The van der Waals surface area contributed by atoms with Crippen molar-refractivity contribution in [3.63, 3.8) is 0 Å². The first-order valence-corrected chi connectivity index (χ1v) is 7.89. The molecule has 0 saturated heterocycles. The number of hydrogen-bond donors (Lipinski definition) is 1. The Bertz CT molecular complexity index is 775. The number of amides is 1. The Kier molecular flexibility index (Phi) is 6.34. The molecule has 0 aromatic heterocycles. The van der Waals surface area contributed by atoms with Crippen molar-refractivity contribution in [2.75, 3.05) is 11.9 Å². The minimum Gasteiger partial charge on any atom is -0.455 e. The third-order valence-electron chi connectivity index (χ3n) is 3.16. The highest BCUT2D eigenvalue weighted by Crippen LogP contribution is 2.29. The molecule has 2 rings (SSSR count). The van der Waals surface area contributed by atoms with Crippen molar-refractivity contribution in [3.8, 4) is 11.5 Å². The van der Waals surface area contributed by atoms with E-state index in [0.29, 0.717) is 17.2 Å². The number of carbonyl (C=O) groups excluding carboxylic acids is 2. The molecule has 0 radical (unpaired) electrons. The van der Waals surface area contributed by atoms with Crippen LogP contribution in [0.4, 0.5) is 5.69 Å². The van der Waals surface area contributed by atoms with E-state index in [0.717, 1.165) is 11.1 Å². The summed E-state index contributed by atoms with van der Waals surface area (Å²) in [6, 6.07) is 14.7. The van der Waals surface area contributed by atoms with E-state index in [1.807, 2.05) is 37.3 Å². The zero-order valence-electron chi connectivity index (χ0n) is 14.5. The Hall–Kier alpha value is -3.08. The van der Waals surface area contributed by atoms with Gasteiger partial charge in [0.1, 0.15) is 5.75 Å². The van der Waals surface area contributed by atoms with Gasteiger partial charge >= 0.3 is 5.97 Å². The highest BCUT2D eigenvalue weighted by atomic mass is 16.5. The third-order valence-corrected chi connectivity index (χ3v) is 3.16. The molecular formula is C20H21NO4. The van der Waals surface area contributed by atoms with E-state index in [1.54, 1.807) is 32.0 Å². The zero-order valence-corrected chi connectivity index (χ0v) is 14.5. The summed E-state index contributed by atoms with van der Waals surface area (Å²) in [6.07, 6.45) is 1.34. The third kappa shape index (κ3) is 6.14. The summed E-state index contributed by atoms with van der Waals surface area (Å²) in [4.78, 5) is 23.4. The van der Waals surface area contributed by atoms with Crippen LogP contribution in [-0.2, 0) is 14.3 Å². The average molecular weight is 339 g/mol. The van der Waals surface area contributed by atoms with Crippen LogP contribution in [0.1, 0.15) is 19.4 Å². The van der Waals surface area contributed by atoms with Crippen molar-refractivity contribution in [1.82, 2.24) is 0 Å². The largest absolute Gasteiger partial charge is 0.455 e. The molecular weight excluding hydrogens is 318 g/mol. The first kappa shape index (κ1) is 18.3. The fraction of sp³-hybridized carbons (Fsp3) is 0.200. The number of nitrogens with one attached hydrogen (secondary N) is 1. The molecule has 0 spiro atoms. The molecule has 25 heavy (non-hydrogen) atoms. The molecule has 2 aromatic carbocycles. The fourth-order valence-electron chi connectivity index (χ4n) is 1.99. The summed E-state index contributed by atoms with van der Waals surface area (Å²) in [5, 5.41) is 2.69. The van der Waals surface area contributed by atoms with E-state index in [-0.39, 0.29) is 6.61 Å². The summed E-state index contributed by atoms with van der Waals surface area (Å²) < 4.78 is 10.7. The molecule has 0 heterocycles. The van der Waals surface area contributed by atoms with Crippen molar-refractivity contribution in [2.24, 2.45) is 0 Å². The predicted octanol–water partition coefficient (Wildman–Crippen LogP) is 4.24. The number of anilines is 1. The number of aryl methyl sites for hydroxylation is 1. The van der Waals surface area contributed by atoms with Crippen LogP contribution in [0.5, 0.6) is 11.5 Å². The van der Waals surface area contributed by atoms with Crippen LogP contribution < -0.4 is 10.1 Å². The molecule has 0 saturated carbocycles. The van der Waals surface area contributed by atoms with Crippen LogP contribution in [0.2, 0.25) is 0 Å². The van der Waals surface area contributed by atoms with Crippen LogP contribution in [0.15, 0.2) is 60.2 Å². The lowest BCUT2D eigenvalue weighted by Crippen LogP contribution is -2.20. The van der Waals surface area contributed by atoms with E-state index in [9.17, 15) is 9.59 Å². The molecule has 0 fully saturated rings. The van der Waals surface area contributed by atoms with Crippen LogP contribution in [0.25, 0.3) is 0 Å². The lowest BCUT2D eigenvalue weighted by Gasteiger charge is -2.12. The van der Waals surface area contributed by atoms with Gasteiger partial charge in [-0.15, -0.1) is 0 Å². The van der Waals surface area contributed by atoms with Gasteiger partial charge < -0.3 is 14.8 Å². The Morgan fingerprint density at radius 3 is 2.40 bits per heavy atom. The van der Waals surface area contributed by atoms with Gasteiger partial charge in [0.2, 0.25) is 0 Å². The maximum absolute atomic E-state index is 12.0. The Balaban J connectivity index is 2.00. The van der Waals surface area contributed by atoms with Crippen molar-refractivity contribution in [3.05, 3.63) is 65.7 Å². The van der Waals surface area contributed by atoms with E-state index >= 15 is 0 Å². The van der Waals surface area contributed by atoms with Gasteiger partial charge in [0.15, 0.2) is 12.4 Å². The molecule has 0 atom stereocenters. The first-order chi connectivity index (χ1) is 11.9. The van der Waals surface area contributed by atoms with E-state index in [1.165, 1.54) is 6.08 Å². The molecule has 130 valence electrons. The number of benzene rings is 2. The summed E-state index contributed by atoms with van der Waals surface area (Å²) in [5.41, 5.74) is 2.45. The number of carbonyl (C=O) groups is 2. The molecule has 0 unspecified atom stereocenters. The van der Waals surface area contributed by atoms with Gasteiger partial charge in [-0.3, -0.25) is 4.79 Å². The lowest BCUT2D eigenvalue weighted by atomic mass is 10.2. The second-order valence-corrected chi connectivity index (χ2v) is 5.79. The van der Waals surface area contributed by atoms with E-state index < -0.39 is 11.9 Å². The summed E-state index contributed by atoms with van der Waals surface area (Å²) in [5.74, 6) is 0.201. The number of rotatable bonds is 6. The molecule has 1 amide bonds. The van der Waals surface area contributed by atoms with Gasteiger partial charge in [0, 0.05) is 6.08 Å². The highest BCUT2D eigenvalue weighted by molar-refractivity contribution is 5.95. The first-order valence-electron chi connectivity index (χ1n) is 7.89. The van der Waals surface area contributed by atoms with Crippen molar-refractivity contribution < 1.29 is 19.1 Å². The van der Waals surface area contributed by atoms with Crippen molar-refractivity contribution in [1.29, 1.82) is 0 Å².